The maximum Gasteiger partial charge on any atom is 0.262 e. The molecule has 0 aliphatic heterocycles. The lowest BCUT2D eigenvalue weighted by Gasteiger charge is -2.56. The number of halogens is 1. The van der Waals surface area contributed by atoms with Crippen molar-refractivity contribution in [2.75, 3.05) is 5.75 Å². The topological polar surface area (TPSA) is 64.0 Å². The summed E-state index contributed by atoms with van der Waals surface area (Å²) in [6.07, 6.45) is 8.37. The van der Waals surface area contributed by atoms with Crippen LogP contribution < -0.4 is 10.9 Å². The Morgan fingerprint density at radius 3 is 2.50 bits per heavy atom. The zero-order valence-corrected chi connectivity index (χ0v) is 20.5. The van der Waals surface area contributed by atoms with Gasteiger partial charge in [0.1, 0.15) is 0 Å². The van der Waals surface area contributed by atoms with Gasteiger partial charge < -0.3 is 5.32 Å². The van der Waals surface area contributed by atoms with Crippen LogP contribution >= 0.6 is 23.4 Å². The molecule has 0 radical (unpaired) electrons. The van der Waals surface area contributed by atoms with Gasteiger partial charge in [-0.25, -0.2) is 4.98 Å². The van der Waals surface area contributed by atoms with Gasteiger partial charge in [-0.2, -0.15) is 0 Å². The Labute approximate surface area is 198 Å². The van der Waals surface area contributed by atoms with Gasteiger partial charge in [-0.05, 0) is 86.8 Å². The van der Waals surface area contributed by atoms with Crippen molar-refractivity contribution < 1.29 is 4.79 Å². The minimum absolute atomic E-state index is 0.00798. The number of benzene rings is 1. The number of amides is 1. The van der Waals surface area contributed by atoms with Gasteiger partial charge in [0.2, 0.25) is 5.91 Å². The van der Waals surface area contributed by atoms with E-state index in [1.165, 1.54) is 31.0 Å². The van der Waals surface area contributed by atoms with E-state index in [9.17, 15) is 9.59 Å². The summed E-state index contributed by atoms with van der Waals surface area (Å²) in [5, 5.41) is 5.16. The average molecular weight is 474 g/mol. The van der Waals surface area contributed by atoms with E-state index in [-0.39, 0.29) is 22.8 Å². The molecule has 1 amide bonds. The van der Waals surface area contributed by atoms with Gasteiger partial charge in [0.25, 0.3) is 5.56 Å². The Balaban J connectivity index is 1.34. The van der Waals surface area contributed by atoms with Crippen molar-refractivity contribution >= 4 is 40.2 Å². The zero-order valence-electron chi connectivity index (χ0n) is 18.9. The summed E-state index contributed by atoms with van der Waals surface area (Å²) >= 11 is 7.51. The predicted octanol–water partition coefficient (Wildman–Crippen LogP) is 5.27. The molecule has 0 saturated heterocycles. The first kappa shape index (κ1) is 22.3. The smallest absolute Gasteiger partial charge is 0.262 e. The number of carbonyl (C=O) groups is 1. The molecule has 0 atom stereocenters. The summed E-state index contributed by atoms with van der Waals surface area (Å²) in [4.78, 5) is 30.9. The summed E-state index contributed by atoms with van der Waals surface area (Å²) in [6, 6.07) is 5.20. The van der Waals surface area contributed by atoms with Crippen LogP contribution in [0.5, 0.6) is 0 Å². The number of rotatable bonds is 7. The average Bonchev–Trinajstić information content (AvgIpc) is 2.70. The number of aromatic nitrogens is 2. The highest BCUT2D eigenvalue weighted by molar-refractivity contribution is 7.99. The van der Waals surface area contributed by atoms with Crippen LogP contribution in [0.1, 0.15) is 58.8 Å². The van der Waals surface area contributed by atoms with E-state index >= 15 is 0 Å². The number of carbonyl (C=O) groups excluding carboxylic acids is 1. The van der Waals surface area contributed by atoms with Crippen LogP contribution in [0, 0.1) is 23.7 Å². The minimum atomic E-state index is -0.0590. The zero-order chi connectivity index (χ0) is 22.5. The van der Waals surface area contributed by atoms with E-state index < -0.39 is 0 Å². The largest absolute Gasteiger partial charge is 0.350 e. The fraction of sp³-hybridized carbons (Fsp3) is 0.640. The van der Waals surface area contributed by atoms with Gasteiger partial charge in [0.05, 0.1) is 16.7 Å². The molecule has 2 aromatic rings. The van der Waals surface area contributed by atoms with Gasteiger partial charge >= 0.3 is 0 Å². The van der Waals surface area contributed by atoms with E-state index in [1.807, 2.05) is 0 Å². The van der Waals surface area contributed by atoms with Crippen molar-refractivity contribution in [3.8, 4) is 0 Å². The number of fused-ring (bicyclic) bond motifs is 1. The molecule has 4 bridgehead atoms. The van der Waals surface area contributed by atoms with Crippen LogP contribution in [-0.2, 0) is 11.3 Å². The quantitative estimate of drug-likeness (QED) is 0.439. The van der Waals surface area contributed by atoms with Crippen LogP contribution in [0.25, 0.3) is 10.9 Å². The first-order valence-corrected chi connectivity index (χ1v) is 13.3. The molecule has 4 saturated carbocycles. The van der Waals surface area contributed by atoms with E-state index in [0.29, 0.717) is 33.5 Å². The van der Waals surface area contributed by atoms with Crippen LogP contribution in [0.2, 0.25) is 5.02 Å². The molecular formula is C25H32ClN3O2S. The molecule has 172 valence electrons. The van der Waals surface area contributed by atoms with Gasteiger partial charge in [0.15, 0.2) is 5.16 Å². The number of hydrogen-bond donors (Lipinski definition) is 1. The van der Waals surface area contributed by atoms with Crippen molar-refractivity contribution in [3.63, 3.8) is 0 Å². The fourth-order valence-corrected chi connectivity index (χ4v) is 7.59. The molecule has 1 aromatic carbocycles. The van der Waals surface area contributed by atoms with Gasteiger partial charge in [-0.15, -0.1) is 0 Å². The Hall–Kier alpha value is -1.53. The lowest BCUT2D eigenvalue weighted by atomic mass is 9.53. The lowest BCUT2D eigenvalue weighted by molar-refractivity contribution is -0.124. The monoisotopic (exact) mass is 473 g/mol. The Bertz CT molecular complexity index is 1060. The molecule has 4 aliphatic carbocycles. The molecule has 0 unspecified atom stereocenters. The third-order valence-electron chi connectivity index (χ3n) is 7.59. The van der Waals surface area contributed by atoms with Crippen molar-refractivity contribution in [2.45, 2.75) is 76.0 Å². The van der Waals surface area contributed by atoms with Crippen LogP contribution in [0.15, 0.2) is 28.2 Å². The van der Waals surface area contributed by atoms with Crippen LogP contribution in [0.4, 0.5) is 0 Å². The van der Waals surface area contributed by atoms with E-state index in [0.717, 1.165) is 43.4 Å². The molecule has 5 nitrogen and oxygen atoms in total. The normalized spacial score (nSPS) is 28.6. The molecular weight excluding hydrogens is 442 g/mol. The summed E-state index contributed by atoms with van der Waals surface area (Å²) in [5.74, 6) is 3.20. The molecule has 1 N–H and O–H groups in total. The number of nitrogens with zero attached hydrogens (tertiary/aromatic N) is 2. The second kappa shape index (κ2) is 8.68. The molecule has 6 rings (SSSR count). The molecule has 1 aromatic heterocycles. The second-order valence-corrected chi connectivity index (χ2v) is 12.1. The Kier molecular flexibility index (Phi) is 6.04. The van der Waals surface area contributed by atoms with Crippen molar-refractivity contribution in [1.29, 1.82) is 0 Å². The summed E-state index contributed by atoms with van der Waals surface area (Å²) in [6.45, 7) is 4.89. The third-order valence-corrected chi connectivity index (χ3v) is 8.80. The van der Waals surface area contributed by atoms with Gasteiger partial charge in [-0.3, -0.25) is 14.2 Å². The summed E-state index contributed by atoms with van der Waals surface area (Å²) in [7, 11) is 0. The van der Waals surface area contributed by atoms with Crippen molar-refractivity contribution in [1.82, 2.24) is 14.9 Å². The number of hydrogen-bond acceptors (Lipinski definition) is 4. The second-order valence-electron chi connectivity index (χ2n) is 10.7. The van der Waals surface area contributed by atoms with E-state index in [1.54, 1.807) is 22.8 Å². The first-order valence-electron chi connectivity index (χ1n) is 11.9. The SMILES string of the molecule is CC(C)CCn1c(SCC(=O)NC23CC4CC(CC(C4)C2)C3)nc2cc(Cl)ccc2c1=O. The molecule has 0 spiro atoms. The van der Waals surface area contributed by atoms with Crippen molar-refractivity contribution in [2.24, 2.45) is 23.7 Å². The number of nitrogens with one attached hydrogen (secondary N) is 1. The molecule has 1 heterocycles. The molecule has 4 fully saturated rings. The summed E-state index contributed by atoms with van der Waals surface area (Å²) in [5.41, 5.74) is 0.539. The highest BCUT2D eigenvalue weighted by atomic mass is 35.5. The first-order chi connectivity index (χ1) is 15.3. The van der Waals surface area contributed by atoms with E-state index in [2.05, 4.69) is 19.2 Å². The van der Waals surface area contributed by atoms with Crippen LogP contribution in [0.3, 0.4) is 0 Å². The van der Waals surface area contributed by atoms with Gasteiger partial charge in [0, 0.05) is 17.1 Å². The maximum atomic E-state index is 13.2. The Morgan fingerprint density at radius 1 is 1.22 bits per heavy atom. The fourth-order valence-electron chi connectivity index (χ4n) is 6.59. The van der Waals surface area contributed by atoms with Crippen LogP contribution in [-0.4, -0.2) is 26.8 Å². The number of thioether (sulfide) groups is 1. The molecule has 7 heteroatoms. The standard InChI is InChI=1S/C25H32ClN3O2S/c1-15(2)5-6-29-23(31)20-4-3-19(26)10-21(20)27-24(29)32-14-22(30)28-25-11-16-7-17(12-25)9-18(8-16)13-25/h3-4,10,15-18H,5-9,11-14H2,1-2H3,(H,28,30). The van der Waals surface area contributed by atoms with Crippen molar-refractivity contribution in [3.05, 3.63) is 33.6 Å². The third kappa shape index (κ3) is 4.45. The molecule has 32 heavy (non-hydrogen) atoms. The predicted molar refractivity (Wildman–Crippen MR) is 130 cm³/mol. The maximum absolute atomic E-state index is 13.2. The Morgan fingerprint density at radius 2 is 1.88 bits per heavy atom. The lowest BCUT2D eigenvalue weighted by Crippen LogP contribution is -2.60. The minimum Gasteiger partial charge on any atom is -0.350 e. The highest BCUT2D eigenvalue weighted by Crippen LogP contribution is 2.55. The van der Waals surface area contributed by atoms with E-state index in [4.69, 9.17) is 16.6 Å². The van der Waals surface area contributed by atoms with Gasteiger partial charge in [-0.1, -0.05) is 37.2 Å². The summed E-state index contributed by atoms with van der Waals surface area (Å²) < 4.78 is 1.74. The highest BCUT2D eigenvalue weighted by Gasteiger charge is 2.51. The molecule has 4 aliphatic rings.